The van der Waals surface area contributed by atoms with E-state index in [0.29, 0.717) is 6.61 Å². The second-order valence-electron chi connectivity index (χ2n) is 4.33. The standard InChI is InChI=1S/C12H21N3O/c1-2-16-10-12-14-7-8-15(12)9-11-3-5-13-6-4-11/h7-8,11,13H,2-6,9-10H2,1H3. The van der Waals surface area contributed by atoms with Crippen LogP contribution in [0.15, 0.2) is 12.4 Å². The van der Waals surface area contributed by atoms with Gasteiger partial charge in [-0.15, -0.1) is 0 Å². The molecule has 0 radical (unpaired) electrons. The van der Waals surface area contributed by atoms with E-state index in [4.69, 9.17) is 4.74 Å². The number of nitrogens with zero attached hydrogens (tertiary/aromatic N) is 2. The van der Waals surface area contributed by atoms with Gasteiger partial charge in [0.05, 0.1) is 0 Å². The predicted molar refractivity (Wildman–Crippen MR) is 63.2 cm³/mol. The summed E-state index contributed by atoms with van der Waals surface area (Å²) in [5, 5.41) is 3.39. The molecule has 0 unspecified atom stereocenters. The van der Waals surface area contributed by atoms with Crippen LogP contribution >= 0.6 is 0 Å². The third-order valence-electron chi connectivity index (χ3n) is 3.15. The van der Waals surface area contributed by atoms with Crippen LogP contribution in [-0.2, 0) is 17.9 Å². The van der Waals surface area contributed by atoms with Gasteiger partial charge in [-0.25, -0.2) is 4.98 Å². The lowest BCUT2D eigenvalue weighted by Gasteiger charge is -2.23. The topological polar surface area (TPSA) is 39.1 Å². The third-order valence-corrected chi connectivity index (χ3v) is 3.15. The van der Waals surface area contributed by atoms with Crippen molar-refractivity contribution in [2.45, 2.75) is 32.9 Å². The largest absolute Gasteiger partial charge is 0.374 e. The van der Waals surface area contributed by atoms with Gasteiger partial charge in [-0.2, -0.15) is 0 Å². The molecule has 0 aromatic carbocycles. The molecule has 1 aromatic rings. The molecule has 2 heterocycles. The van der Waals surface area contributed by atoms with Crippen molar-refractivity contribution in [3.8, 4) is 0 Å². The molecule has 90 valence electrons. The Kier molecular flexibility index (Phi) is 4.36. The molecule has 0 atom stereocenters. The van der Waals surface area contributed by atoms with Gasteiger partial charge in [0, 0.05) is 25.5 Å². The first kappa shape index (κ1) is 11.6. The number of imidazole rings is 1. The van der Waals surface area contributed by atoms with Gasteiger partial charge in [-0.1, -0.05) is 0 Å². The van der Waals surface area contributed by atoms with Gasteiger partial charge >= 0.3 is 0 Å². The zero-order chi connectivity index (χ0) is 11.2. The molecule has 1 saturated heterocycles. The van der Waals surface area contributed by atoms with Gasteiger partial charge in [0.15, 0.2) is 0 Å². The summed E-state index contributed by atoms with van der Waals surface area (Å²) < 4.78 is 7.65. The van der Waals surface area contributed by atoms with Crippen LogP contribution in [0.1, 0.15) is 25.6 Å². The van der Waals surface area contributed by atoms with Crippen LogP contribution in [0.5, 0.6) is 0 Å². The Morgan fingerprint density at radius 1 is 1.50 bits per heavy atom. The molecule has 1 aliphatic rings. The number of ether oxygens (including phenoxy) is 1. The van der Waals surface area contributed by atoms with Crippen molar-refractivity contribution in [2.75, 3.05) is 19.7 Å². The van der Waals surface area contributed by atoms with E-state index in [1.54, 1.807) is 0 Å². The highest BCUT2D eigenvalue weighted by molar-refractivity contribution is 4.91. The lowest BCUT2D eigenvalue weighted by atomic mass is 9.98. The van der Waals surface area contributed by atoms with E-state index in [2.05, 4.69) is 21.1 Å². The maximum absolute atomic E-state index is 5.41. The van der Waals surface area contributed by atoms with E-state index in [-0.39, 0.29) is 0 Å². The molecule has 16 heavy (non-hydrogen) atoms. The highest BCUT2D eigenvalue weighted by Crippen LogP contribution is 2.15. The summed E-state index contributed by atoms with van der Waals surface area (Å²) in [5.41, 5.74) is 0. The van der Waals surface area contributed by atoms with Crippen LogP contribution in [0.25, 0.3) is 0 Å². The van der Waals surface area contributed by atoms with Crippen LogP contribution in [0.2, 0.25) is 0 Å². The summed E-state index contributed by atoms with van der Waals surface area (Å²) in [6.07, 6.45) is 6.48. The normalized spacial score (nSPS) is 17.8. The molecular formula is C12H21N3O. The van der Waals surface area contributed by atoms with E-state index >= 15 is 0 Å². The monoisotopic (exact) mass is 223 g/mol. The minimum absolute atomic E-state index is 0.633. The molecule has 4 heteroatoms. The van der Waals surface area contributed by atoms with E-state index in [1.165, 1.54) is 12.8 Å². The molecule has 4 nitrogen and oxygen atoms in total. The Bertz CT molecular complexity index is 305. The minimum atomic E-state index is 0.633. The van der Waals surface area contributed by atoms with Crippen LogP contribution in [0.4, 0.5) is 0 Å². The van der Waals surface area contributed by atoms with Gasteiger partial charge in [-0.3, -0.25) is 0 Å². The Morgan fingerprint density at radius 2 is 2.31 bits per heavy atom. The van der Waals surface area contributed by atoms with Crippen molar-refractivity contribution in [3.63, 3.8) is 0 Å². The lowest BCUT2D eigenvalue weighted by Crippen LogP contribution is -2.30. The second kappa shape index (κ2) is 6.01. The van der Waals surface area contributed by atoms with Crippen LogP contribution in [0.3, 0.4) is 0 Å². The summed E-state index contributed by atoms with van der Waals surface area (Å²) in [5.74, 6) is 1.84. The highest BCUT2D eigenvalue weighted by atomic mass is 16.5. The number of hydrogen-bond donors (Lipinski definition) is 1. The molecule has 1 aromatic heterocycles. The predicted octanol–water partition coefficient (Wildman–Crippen LogP) is 1.42. The summed E-state index contributed by atoms with van der Waals surface area (Å²) in [7, 11) is 0. The summed E-state index contributed by atoms with van der Waals surface area (Å²) in [6.45, 7) is 6.79. The maximum Gasteiger partial charge on any atom is 0.134 e. The average Bonchev–Trinajstić information content (AvgIpc) is 2.75. The molecule has 0 amide bonds. The smallest absolute Gasteiger partial charge is 0.134 e. The first-order valence-electron chi connectivity index (χ1n) is 6.18. The Balaban J connectivity index is 1.89. The van der Waals surface area contributed by atoms with E-state index in [0.717, 1.165) is 38.0 Å². The van der Waals surface area contributed by atoms with Crippen molar-refractivity contribution in [3.05, 3.63) is 18.2 Å². The van der Waals surface area contributed by atoms with E-state index in [9.17, 15) is 0 Å². The van der Waals surface area contributed by atoms with Crippen LogP contribution in [0, 0.1) is 5.92 Å². The first-order chi connectivity index (χ1) is 7.90. The third kappa shape index (κ3) is 3.06. The summed E-state index contributed by atoms with van der Waals surface area (Å²) in [4.78, 5) is 4.34. The molecule has 0 saturated carbocycles. The summed E-state index contributed by atoms with van der Waals surface area (Å²) >= 11 is 0. The number of piperidine rings is 1. The average molecular weight is 223 g/mol. The van der Waals surface area contributed by atoms with Gasteiger partial charge in [0.25, 0.3) is 0 Å². The highest BCUT2D eigenvalue weighted by Gasteiger charge is 2.14. The first-order valence-corrected chi connectivity index (χ1v) is 6.18. The van der Waals surface area contributed by atoms with Crippen molar-refractivity contribution in [1.29, 1.82) is 0 Å². The fourth-order valence-corrected chi connectivity index (χ4v) is 2.18. The van der Waals surface area contributed by atoms with E-state index in [1.807, 2.05) is 13.1 Å². The molecule has 0 spiro atoms. The van der Waals surface area contributed by atoms with Crippen LogP contribution in [-0.4, -0.2) is 29.2 Å². The van der Waals surface area contributed by atoms with Crippen molar-refractivity contribution in [1.82, 2.24) is 14.9 Å². The molecular weight excluding hydrogens is 202 g/mol. The van der Waals surface area contributed by atoms with Crippen molar-refractivity contribution < 1.29 is 4.74 Å². The van der Waals surface area contributed by atoms with E-state index < -0.39 is 0 Å². The van der Waals surface area contributed by atoms with Gasteiger partial charge in [0.1, 0.15) is 12.4 Å². The Morgan fingerprint density at radius 3 is 3.06 bits per heavy atom. The minimum Gasteiger partial charge on any atom is -0.374 e. The zero-order valence-corrected chi connectivity index (χ0v) is 9.98. The maximum atomic E-state index is 5.41. The van der Waals surface area contributed by atoms with Crippen molar-refractivity contribution in [2.24, 2.45) is 5.92 Å². The molecule has 1 fully saturated rings. The fraction of sp³-hybridized carbons (Fsp3) is 0.750. The molecule has 0 aliphatic carbocycles. The quantitative estimate of drug-likeness (QED) is 0.820. The van der Waals surface area contributed by atoms with Crippen molar-refractivity contribution >= 4 is 0 Å². The van der Waals surface area contributed by atoms with Gasteiger partial charge in [-0.05, 0) is 38.8 Å². The molecule has 2 rings (SSSR count). The summed E-state index contributed by atoms with van der Waals surface area (Å²) in [6, 6.07) is 0. The van der Waals surface area contributed by atoms with Crippen LogP contribution < -0.4 is 5.32 Å². The Labute approximate surface area is 97.0 Å². The SMILES string of the molecule is CCOCc1nccn1CC1CCNCC1. The number of nitrogens with one attached hydrogen (secondary N) is 1. The number of rotatable bonds is 5. The lowest BCUT2D eigenvalue weighted by molar-refractivity contribution is 0.124. The number of hydrogen-bond acceptors (Lipinski definition) is 3. The second-order valence-corrected chi connectivity index (χ2v) is 4.33. The zero-order valence-electron chi connectivity index (χ0n) is 9.98. The fourth-order valence-electron chi connectivity index (χ4n) is 2.18. The van der Waals surface area contributed by atoms with Gasteiger partial charge < -0.3 is 14.6 Å². The Hall–Kier alpha value is -0.870. The molecule has 0 bridgehead atoms. The number of aromatic nitrogens is 2. The van der Waals surface area contributed by atoms with Gasteiger partial charge in [0.2, 0.25) is 0 Å². The molecule has 1 aliphatic heterocycles. The molecule has 1 N–H and O–H groups in total.